The van der Waals surface area contributed by atoms with Gasteiger partial charge in [-0.15, -0.1) is 0 Å². The molecule has 0 unspecified atom stereocenters. The van der Waals surface area contributed by atoms with Crippen LogP contribution in [-0.4, -0.2) is 5.78 Å². The van der Waals surface area contributed by atoms with Crippen molar-refractivity contribution in [1.82, 2.24) is 0 Å². The first-order chi connectivity index (χ1) is 17.3. The van der Waals surface area contributed by atoms with E-state index in [0.29, 0.717) is 0 Å². The third-order valence-electron chi connectivity index (χ3n) is 7.09. The zero-order valence-electron chi connectivity index (χ0n) is 19.5. The van der Waals surface area contributed by atoms with Crippen molar-refractivity contribution in [3.05, 3.63) is 143 Å². The van der Waals surface area contributed by atoms with Crippen LogP contribution in [0.25, 0.3) is 33.7 Å². The minimum atomic E-state index is 0.165. The van der Waals surface area contributed by atoms with Crippen LogP contribution in [0.15, 0.2) is 126 Å². The summed E-state index contributed by atoms with van der Waals surface area (Å²) in [5.74, 6) is 0.439. The Balaban J connectivity index is 1.48. The fourth-order valence-corrected chi connectivity index (χ4v) is 5.33. The number of allylic oxidation sites excluding steroid dienone is 2. The molecule has 0 radical (unpaired) electrons. The van der Waals surface area contributed by atoms with Crippen LogP contribution in [0.4, 0.5) is 0 Å². The lowest BCUT2D eigenvalue weighted by Crippen LogP contribution is -2.19. The van der Waals surface area contributed by atoms with E-state index in [4.69, 9.17) is 0 Å². The SMILES string of the molecule is O=C1/C(=C/c2cccc3ccccc23)CC(c2ccccc2)C/C1=C\c1cccc2ccccc12. The summed E-state index contributed by atoms with van der Waals surface area (Å²) in [6, 6.07) is 40.0. The summed E-state index contributed by atoms with van der Waals surface area (Å²) in [5, 5.41) is 4.74. The van der Waals surface area contributed by atoms with Gasteiger partial charge in [0.15, 0.2) is 5.78 Å². The summed E-state index contributed by atoms with van der Waals surface area (Å²) in [6.07, 6.45) is 5.74. The summed E-state index contributed by atoms with van der Waals surface area (Å²) >= 11 is 0. The molecule has 0 aliphatic heterocycles. The molecule has 1 nitrogen and oxygen atoms in total. The minimum Gasteiger partial charge on any atom is -0.289 e. The Bertz CT molecular complexity index is 1490. The van der Waals surface area contributed by atoms with Gasteiger partial charge in [0.25, 0.3) is 0 Å². The van der Waals surface area contributed by atoms with Gasteiger partial charge in [0.05, 0.1) is 0 Å². The Morgan fingerprint density at radius 3 is 1.51 bits per heavy atom. The fraction of sp³-hybridized carbons (Fsp3) is 0.0882. The van der Waals surface area contributed by atoms with Crippen LogP contribution < -0.4 is 0 Å². The van der Waals surface area contributed by atoms with Crippen molar-refractivity contribution < 1.29 is 4.79 Å². The topological polar surface area (TPSA) is 17.1 Å². The molecule has 5 aromatic rings. The monoisotopic (exact) mass is 450 g/mol. The molecule has 1 aliphatic carbocycles. The molecule has 5 aromatic carbocycles. The van der Waals surface area contributed by atoms with Gasteiger partial charge < -0.3 is 0 Å². The van der Waals surface area contributed by atoms with Crippen molar-refractivity contribution >= 4 is 39.5 Å². The van der Waals surface area contributed by atoms with Crippen LogP contribution in [0.5, 0.6) is 0 Å². The van der Waals surface area contributed by atoms with Gasteiger partial charge in [-0.2, -0.15) is 0 Å². The van der Waals surface area contributed by atoms with Gasteiger partial charge >= 0.3 is 0 Å². The summed E-state index contributed by atoms with van der Waals surface area (Å²) in [7, 11) is 0. The molecule has 0 amide bonds. The lowest BCUT2D eigenvalue weighted by Gasteiger charge is -2.26. The average Bonchev–Trinajstić information content (AvgIpc) is 2.92. The summed E-state index contributed by atoms with van der Waals surface area (Å²) in [5.41, 5.74) is 5.25. The van der Waals surface area contributed by atoms with Gasteiger partial charge in [0, 0.05) is 11.1 Å². The van der Waals surface area contributed by atoms with E-state index in [9.17, 15) is 4.79 Å². The van der Waals surface area contributed by atoms with E-state index < -0.39 is 0 Å². The Hall–Kier alpha value is -4.23. The minimum absolute atomic E-state index is 0.165. The van der Waals surface area contributed by atoms with Crippen LogP contribution in [0, 0.1) is 0 Å². The van der Waals surface area contributed by atoms with Gasteiger partial charge in [0.1, 0.15) is 0 Å². The second-order valence-corrected chi connectivity index (χ2v) is 9.32. The van der Waals surface area contributed by atoms with Gasteiger partial charge in [0.2, 0.25) is 0 Å². The number of hydrogen-bond acceptors (Lipinski definition) is 1. The maximum atomic E-state index is 13.8. The molecule has 0 saturated heterocycles. The lowest BCUT2D eigenvalue weighted by atomic mass is 9.76. The molecule has 1 heteroatoms. The van der Waals surface area contributed by atoms with Crippen LogP contribution >= 0.6 is 0 Å². The number of carbonyl (C=O) groups excluding carboxylic acids is 1. The van der Waals surface area contributed by atoms with Gasteiger partial charge in [-0.05, 0) is 69.1 Å². The van der Waals surface area contributed by atoms with Crippen molar-refractivity contribution in [3.63, 3.8) is 0 Å². The second kappa shape index (κ2) is 9.19. The van der Waals surface area contributed by atoms with Crippen molar-refractivity contribution in [2.75, 3.05) is 0 Å². The molecule has 1 aliphatic rings. The van der Waals surface area contributed by atoms with Crippen molar-refractivity contribution in [2.24, 2.45) is 0 Å². The molecule has 0 aromatic heterocycles. The van der Waals surface area contributed by atoms with Crippen LogP contribution in [0.1, 0.15) is 35.4 Å². The highest BCUT2D eigenvalue weighted by Gasteiger charge is 2.29. The molecule has 0 bridgehead atoms. The first-order valence-corrected chi connectivity index (χ1v) is 12.2. The zero-order valence-corrected chi connectivity index (χ0v) is 19.5. The predicted molar refractivity (Wildman–Crippen MR) is 147 cm³/mol. The van der Waals surface area contributed by atoms with E-state index in [1.165, 1.54) is 27.1 Å². The molecule has 0 spiro atoms. The molecule has 35 heavy (non-hydrogen) atoms. The quantitative estimate of drug-likeness (QED) is 0.252. The van der Waals surface area contributed by atoms with Gasteiger partial charge in [-0.1, -0.05) is 115 Å². The summed E-state index contributed by atoms with van der Waals surface area (Å²) < 4.78 is 0. The Kier molecular flexibility index (Phi) is 5.60. The predicted octanol–water partition coefficient (Wildman–Crippen LogP) is 8.61. The number of Topliss-reactive ketones (excluding diaryl/α,β-unsaturated/α-hetero) is 1. The van der Waals surface area contributed by atoms with Crippen molar-refractivity contribution in [3.8, 4) is 0 Å². The maximum Gasteiger partial charge on any atom is 0.185 e. The number of benzene rings is 5. The van der Waals surface area contributed by atoms with Crippen molar-refractivity contribution in [1.29, 1.82) is 0 Å². The maximum absolute atomic E-state index is 13.8. The van der Waals surface area contributed by atoms with E-state index in [2.05, 4.69) is 127 Å². The number of fused-ring (bicyclic) bond motifs is 2. The lowest BCUT2D eigenvalue weighted by molar-refractivity contribution is -0.113. The number of rotatable bonds is 3. The Morgan fingerprint density at radius 1 is 0.514 bits per heavy atom. The first kappa shape index (κ1) is 21.3. The number of carbonyl (C=O) groups is 1. The molecule has 0 heterocycles. The van der Waals surface area contributed by atoms with Crippen LogP contribution in [0.2, 0.25) is 0 Å². The largest absolute Gasteiger partial charge is 0.289 e. The normalized spacial score (nSPS) is 18.5. The molecule has 1 saturated carbocycles. The Labute approximate surface area is 206 Å². The van der Waals surface area contributed by atoms with E-state index in [0.717, 1.165) is 35.1 Å². The van der Waals surface area contributed by atoms with Gasteiger partial charge in [-0.3, -0.25) is 4.79 Å². The van der Waals surface area contributed by atoms with Crippen LogP contribution in [-0.2, 0) is 4.79 Å². The van der Waals surface area contributed by atoms with E-state index >= 15 is 0 Å². The molecule has 1 fully saturated rings. The fourth-order valence-electron chi connectivity index (χ4n) is 5.33. The summed E-state index contributed by atoms with van der Waals surface area (Å²) in [4.78, 5) is 13.8. The highest BCUT2D eigenvalue weighted by atomic mass is 16.1. The van der Waals surface area contributed by atoms with E-state index in [1.54, 1.807) is 0 Å². The van der Waals surface area contributed by atoms with E-state index in [-0.39, 0.29) is 11.7 Å². The summed E-state index contributed by atoms with van der Waals surface area (Å²) in [6.45, 7) is 0. The molecular weight excluding hydrogens is 424 g/mol. The highest BCUT2D eigenvalue weighted by Crippen LogP contribution is 2.39. The third kappa shape index (κ3) is 4.22. The molecule has 6 rings (SSSR count). The number of hydrogen-bond donors (Lipinski definition) is 0. The smallest absolute Gasteiger partial charge is 0.185 e. The molecule has 168 valence electrons. The first-order valence-electron chi connectivity index (χ1n) is 12.2. The average molecular weight is 451 g/mol. The molecular formula is C34H26O. The molecule has 0 atom stereocenters. The van der Waals surface area contributed by atoms with Crippen molar-refractivity contribution in [2.45, 2.75) is 18.8 Å². The Morgan fingerprint density at radius 2 is 0.971 bits per heavy atom. The van der Waals surface area contributed by atoms with E-state index in [1.807, 2.05) is 0 Å². The van der Waals surface area contributed by atoms with Crippen LogP contribution in [0.3, 0.4) is 0 Å². The standard InChI is InChI=1S/C34H26O/c35-34-30(20-27-16-8-14-25-12-4-6-18-32(25)27)22-29(24-10-2-1-3-11-24)23-31(34)21-28-17-9-15-26-13-5-7-19-33(26)28/h1-21,29H,22-23H2/b30-20+,31-21+. The third-order valence-corrected chi connectivity index (χ3v) is 7.09. The second-order valence-electron chi connectivity index (χ2n) is 9.32. The zero-order chi connectivity index (χ0) is 23.6. The number of ketones is 1. The van der Waals surface area contributed by atoms with Gasteiger partial charge in [-0.25, -0.2) is 0 Å². The molecule has 0 N–H and O–H groups in total. The highest BCUT2D eigenvalue weighted by molar-refractivity contribution is 6.15.